The zero-order valence-corrected chi connectivity index (χ0v) is 18.8. The van der Waals surface area contributed by atoms with Crippen LogP contribution >= 0.6 is 15.9 Å². The van der Waals surface area contributed by atoms with Crippen molar-refractivity contribution in [3.8, 4) is 0 Å². The Kier molecular flexibility index (Phi) is 6.84. The Morgan fingerprint density at radius 2 is 1.78 bits per heavy atom. The van der Waals surface area contributed by atoms with Crippen LogP contribution in [0.4, 0.5) is 17.4 Å². The normalized spacial score (nSPS) is 18.2. The third-order valence-electron chi connectivity index (χ3n) is 5.65. The van der Waals surface area contributed by atoms with Crippen molar-refractivity contribution in [2.45, 2.75) is 38.0 Å². The lowest BCUT2D eigenvalue weighted by Crippen LogP contribution is -2.16. The minimum atomic E-state index is -0.717. The fourth-order valence-electron chi connectivity index (χ4n) is 4.03. The minimum Gasteiger partial charge on any atom is -0.481 e. The average molecular weight is 499 g/mol. The molecule has 1 aromatic heterocycles. The van der Waals surface area contributed by atoms with Crippen molar-refractivity contribution >= 4 is 45.2 Å². The fourth-order valence-corrected chi connectivity index (χ4v) is 4.42. The summed E-state index contributed by atoms with van der Waals surface area (Å²) in [5.41, 5.74) is 2.59. The highest BCUT2D eigenvalue weighted by molar-refractivity contribution is 9.10. The summed E-state index contributed by atoms with van der Waals surface area (Å²) in [5, 5.41) is 22.3. The highest BCUT2D eigenvalue weighted by Gasteiger charge is 2.24. The van der Waals surface area contributed by atoms with Crippen LogP contribution in [0.1, 0.15) is 54.3 Å². The monoisotopic (exact) mass is 498 g/mol. The lowest BCUT2D eigenvalue weighted by molar-refractivity contribution is -0.138. The summed E-state index contributed by atoms with van der Waals surface area (Å²) >= 11 is 3.39. The van der Waals surface area contributed by atoms with Crippen LogP contribution in [0.15, 0.2) is 57.4 Å². The number of carbonyl (C=O) groups is 2. The van der Waals surface area contributed by atoms with Crippen molar-refractivity contribution in [2.75, 3.05) is 10.6 Å². The topological polar surface area (TPSA) is 117 Å². The van der Waals surface area contributed by atoms with E-state index in [0.29, 0.717) is 11.6 Å². The maximum atomic E-state index is 12.5. The first kappa shape index (κ1) is 22.0. The molecule has 1 amide bonds. The van der Waals surface area contributed by atoms with Crippen LogP contribution in [0.5, 0.6) is 0 Å². The number of amides is 1. The van der Waals surface area contributed by atoms with Crippen LogP contribution in [0.25, 0.3) is 0 Å². The number of carboxylic acids is 1. The Bertz CT molecular complexity index is 1090. The first-order valence-corrected chi connectivity index (χ1v) is 11.2. The summed E-state index contributed by atoms with van der Waals surface area (Å²) in [6.45, 7) is 0. The van der Waals surface area contributed by atoms with E-state index in [1.807, 2.05) is 48.5 Å². The quantitative estimate of drug-likeness (QED) is 0.389. The van der Waals surface area contributed by atoms with Crippen molar-refractivity contribution < 1.29 is 19.1 Å². The second kappa shape index (κ2) is 9.95. The molecule has 9 heteroatoms. The van der Waals surface area contributed by atoms with E-state index in [4.69, 9.17) is 9.52 Å². The Labute approximate surface area is 193 Å². The van der Waals surface area contributed by atoms with Crippen LogP contribution < -0.4 is 10.6 Å². The van der Waals surface area contributed by atoms with E-state index in [9.17, 15) is 9.59 Å². The molecule has 1 fully saturated rings. The summed E-state index contributed by atoms with van der Waals surface area (Å²) in [7, 11) is 0. The molecule has 1 heterocycles. The summed E-state index contributed by atoms with van der Waals surface area (Å²) in [6.07, 6.45) is 4.10. The van der Waals surface area contributed by atoms with Crippen molar-refractivity contribution in [1.82, 2.24) is 10.2 Å². The molecule has 0 spiro atoms. The number of halogens is 1. The maximum Gasteiger partial charge on any atom is 0.320 e. The van der Waals surface area contributed by atoms with Gasteiger partial charge in [-0.25, -0.2) is 0 Å². The SMILES string of the molecule is O=C(O)C[C@H]1CC[C@H](c2ccc(NC(=O)c3nnc(Nc4cccc(Br)c4)o3)cc2)CC1. The molecule has 1 saturated carbocycles. The summed E-state index contributed by atoms with van der Waals surface area (Å²) < 4.78 is 6.32. The molecular formula is C23H23BrN4O4. The molecular weight excluding hydrogens is 476 g/mol. The Morgan fingerprint density at radius 1 is 1.03 bits per heavy atom. The summed E-state index contributed by atoms with van der Waals surface area (Å²) in [4.78, 5) is 23.3. The van der Waals surface area contributed by atoms with Gasteiger partial charge in [0, 0.05) is 22.3 Å². The van der Waals surface area contributed by atoms with Crippen molar-refractivity contribution in [3.63, 3.8) is 0 Å². The van der Waals surface area contributed by atoms with Gasteiger partial charge in [-0.05, 0) is 73.4 Å². The first-order chi connectivity index (χ1) is 15.5. The molecule has 0 atom stereocenters. The van der Waals surface area contributed by atoms with Gasteiger partial charge in [0.1, 0.15) is 0 Å². The molecule has 8 nitrogen and oxygen atoms in total. The third kappa shape index (κ3) is 5.73. The van der Waals surface area contributed by atoms with Gasteiger partial charge in [0.05, 0.1) is 0 Å². The predicted octanol–water partition coefficient (Wildman–Crippen LogP) is 5.58. The van der Waals surface area contributed by atoms with Gasteiger partial charge in [-0.1, -0.05) is 39.2 Å². The van der Waals surface area contributed by atoms with Crippen LogP contribution in [0.2, 0.25) is 0 Å². The number of anilines is 3. The van der Waals surface area contributed by atoms with Crippen LogP contribution in [-0.2, 0) is 4.79 Å². The Morgan fingerprint density at radius 3 is 2.47 bits per heavy atom. The predicted molar refractivity (Wildman–Crippen MR) is 123 cm³/mol. The second-order valence-corrected chi connectivity index (χ2v) is 8.86. The van der Waals surface area contributed by atoms with Gasteiger partial charge >= 0.3 is 23.8 Å². The van der Waals surface area contributed by atoms with Gasteiger partial charge in [0.2, 0.25) is 0 Å². The molecule has 3 N–H and O–H groups in total. The number of hydrogen-bond acceptors (Lipinski definition) is 6. The number of hydrogen-bond donors (Lipinski definition) is 3. The molecule has 3 aromatic rings. The smallest absolute Gasteiger partial charge is 0.320 e. The standard InChI is InChI=1S/C23H23BrN4O4/c24-17-2-1-3-19(13-17)26-23-28-27-22(32-23)21(31)25-18-10-8-16(9-11-18)15-6-4-14(5-7-15)12-20(29)30/h1-3,8-11,13-15H,4-7,12H2,(H,25,31)(H,26,28)(H,29,30)/t14-,15-. The van der Waals surface area contributed by atoms with Crippen molar-refractivity contribution in [2.24, 2.45) is 5.92 Å². The third-order valence-corrected chi connectivity index (χ3v) is 6.14. The van der Waals surface area contributed by atoms with E-state index < -0.39 is 11.9 Å². The lowest BCUT2D eigenvalue weighted by atomic mass is 9.77. The Hall–Kier alpha value is -3.20. The van der Waals surface area contributed by atoms with Gasteiger partial charge in [-0.2, -0.15) is 0 Å². The van der Waals surface area contributed by atoms with Crippen LogP contribution in [-0.4, -0.2) is 27.2 Å². The highest BCUT2D eigenvalue weighted by Crippen LogP contribution is 2.37. The molecule has 0 radical (unpaired) electrons. The van der Waals surface area contributed by atoms with Gasteiger partial charge in [0.25, 0.3) is 0 Å². The lowest BCUT2D eigenvalue weighted by Gasteiger charge is -2.28. The zero-order chi connectivity index (χ0) is 22.5. The van der Waals surface area contributed by atoms with Gasteiger partial charge < -0.3 is 20.2 Å². The maximum absolute atomic E-state index is 12.5. The number of aliphatic carboxylic acids is 1. The number of carbonyl (C=O) groups excluding carboxylic acids is 1. The second-order valence-electron chi connectivity index (χ2n) is 7.94. The number of nitrogens with zero attached hydrogens (tertiary/aromatic N) is 2. The zero-order valence-electron chi connectivity index (χ0n) is 17.3. The molecule has 32 heavy (non-hydrogen) atoms. The van der Waals surface area contributed by atoms with Crippen LogP contribution in [0.3, 0.4) is 0 Å². The summed E-state index contributed by atoms with van der Waals surface area (Å²) in [5.74, 6) is -0.636. The number of nitrogens with one attached hydrogen (secondary N) is 2. The number of aromatic nitrogens is 2. The van der Waals surface area contributed by atoms with E-state index in [-0.39, 0.29) is 24.2 Å². The minimum absolute atomic E-state index is 0.127. The molecule has 0 saturated heterocycles. The molecule has 2 aromatic carbocycles. The number of carboxylic acid groups (broad SMARTS) is 1. The van der Waals surface area contributed by atoms with Crippen molar-refractivity contribution in [3.05, 3.63) is 64.5 Å². The van der Waals surface area contributed by atoms with E-state index in [1.54, 1.807) is 0 Å². The molecule has 0 aliphatic heterocycles. The van der Waals surface area contributed by atoms with Crippen molar-refractivity contribution in [1.29, 1.82) is 0 Å². The number of rotatable bonds is 7. The van der Waals surface area contributed by atoms with Gasteiger partial charge in [-0.3, -0.25) is 9.59 Å². The molecule has 1 aliphatic carbocycles. The van der Waals surface area contributed by atoms with E-state index in [0.717, 1.165) is 35.8 Å². The molecule has 0 bridgehead atoms. The van der Waals surface area contributed by atoms with Gasteiger partial charge in [0.15, 0.2) is 0 Å². The van der Waals surface area contributed by atoms with Crippen LogP contribution in [0, 0.1) is 5.92 Å². The highest BCUT2D eigenvalue weighted by atomic mass is 79.9. The molecule has 1 aliphatic rings. The largest absolute Gasteiger partial charge is 0.481 e. The number of benzene rings is 2. The van der Waals surface area contributed by atoms with E-state index >= 15 is 0 Å². The average Bonchev–Trinajstić information content (AvgIpc) is 3.23. The Balaban J connectivity index is 1.31. The summed E-state index contributed by atoms with van der Waals surface area (Å²) in [6, 6.07) is 15.3. The molecule has 4 rings (SSSR count). The fraction of sp³-hybridized carbons (Fsp3) is 0.304. The molecule has 166 valence electrons. The van der Waals surface area contributed by atoms with E-state index in [2.05, 4.69) is 36.8 Å². The van der Waals surface area contributed by atoms with E-state index in [1.165, 1.54) is 5.56 Å². The molecule has 0 unspecified atom stereocenters. The first-order valence-electron chi connectivity index (χ1n) is 10.5. The van der Waals surface area contributed by atoms with Gasteiger partial charge in [-0.15, -0.1) is 5.10 Å².